The van der Waals surface area contributed by atoms with E-state index in [1.807, 2.05) is 31.2 Å². The maximum atomic E-state index is 11.9. The predicted molar refractivity (Wildman–Crippen MR) is 85.5 cm³/mol. The number of ether oxygens (including phenoxy) is 1. The molecule has 0 aliphatic carbocycles. The minimum atomic E-state index is -0.687. The second-order valence-corrected chi connectivity index (χ2v) is 6.69. The van der Waals surface area contributed by atoms with Crippen LogP contribution in [0.3, 0.4) is 0 Å². The molecule has 2 unspecified atom stereocenters. The first-order valence-corrected chi connectivity index (χ1v) is 7.75. The molecule has 0 saturated heterocycles. The normalized spacial score (nSPS) is 15.6. The van der Waals surface area contributed by atoms with Gasteiger partial charge in [-0.25, -0.2) is 4.98 Å². The predicted octanol–water partition coefficient (Wildman–Crippen LogP) is 2.58. The standard InChI is InChI=1S/C15H21N3O2S/c1-10(9-15(2,16-3)13(19)20-4)21-14-17-11-7-5-6-8-12(11)18-14/h5-8,10,16H,9H2,1-4H3,(H,17,18). The first-order chi connectivity index (χ1) is 9.98. The Morgan fingerprint density at radius 3 is 2.86 bits per heavy atom. The van der Waals surface area contributed by atoms with Gasteiger partial charge in [0.2, 0.25) is 0 Å². The molecule has 0 bridgehead atoms. The van der Waals surface area contributed by atoms with Gasteiger partial charge in [-0.05, 0) is 32.5 Å². The van der Waals surface area contributed by atoms with Crippen molar-refractivity contribution in [3.8, 4) is 0 Å². The van der Waals surface area contributed by atoms with Crippen molar-refractivity contribution in [2.45, 2.75) is 36.2 Å². The molecule has 0 fully saturated rings. The highest BCUT2D eigenvalue weighted by Crippen LogP contribution is 2.28. The highest BCUT2D eigenvalue weighted by molar-refractivity contribution is 7.99. The van der Waals surface area contributed by atoms with E-state index in [9.17, 15) is 4.79 Å². The quantitative estimate of drug-likeness (QED) is 0.634. The molecular weight excluding hydrogens is 286 g/mol. The Bertz CT molecular complexity index is 595. The lowest BCUT2D eigenvalue weighted by Crippen LogP contribution is -2.49. The SMILES string of the molecule is CNC(C)(CC(C)Sc1nc2ccccc2[nH]1)C(=O)OC. The van der Waals surface area contributed by atoms with Crippen molar-refractivity contribution in [3.05, 3.63) is 24.3 Å². The van der Waals surface area contributed by atoms with Gasteiger partial charge in [-0.1, -0.05) is 30.8 Å². The number of nitrogens with zero attached hydrogens (tertiary/aromatic N) is 1. The third-order valence-corrected chi connectivity index (χ3v) is 4.55. The third kappa shape index (κ3) is 3.57. The zero-order valence-electron chi connectivity index (χ0n) is 12.8. The van der Waals surface area contributed by atoms with Crippen LogP contribution in [0.15, 0.2) is 29.4 Å². The van der Waals surface area contributed by atoms with Crippen LogP contribution < -0.4 is 5.32 Å². The number of carbonyl (C=O) groups is 1. The van der Waals surface area contributed by atoms with Crippen LogP contribution in [-0.4, -0.2) is 40.9 Å². The number of aromatic nitrogens is 2. The highest BCUT2D eigenvalue weighted by atomic mass is 32.2. The number of carbonyl (C=O) groups excluding carboxylic acids is 1. The summed E-state index contributed by atoms with van der Waals surface area (Å²) in [5.41, 5.74) is 1.29. The molecule has 2 atom stereocenters. The molecule has 5 nitrogen and oxygen atoms in total. The van der Waals surface area contributed by atoms with E-state index in [0.29, 0.717) is 6.42 Å². The van der Waals surface area contributed by atoms with Crippen LogP contribution >= 0.6 is 11.8 Å². The van der Waals surface area contributed by atoms with Crippen molar-refractivity contribution >= 4 is 28.8 Å². The van der Waals surface area contributed by atoms with Crippen molar-refractivity contribution in [2.24, 2.45) is 0 Å². The number of rotatable bonds is 6. The summed E-state index contributed by atoms with van der Waals surface area (Å²) in [6, 6.07) is 7.93. The summed E-state index contributed by atoms with van der Waals surface area (Å²) >= 11 is 1.63. The maximum Gasteiger partial charge on any atom is 0.325 e. The van der Waals surface area contributed by atoms with Gasteiger partial charge in [0, 0.05) is 5.25 Å². The van der Waals surface area contributed by atoms with Gasteiger partial charge < -0.3 is 15.0 Å². The molecule has 1 aromatic carbocycles. The van der Waals surface area contributed by atoms with Crippen molar-refractivity contribution in [1.82, 2.24) is 15.3 Å². The summed E-state index contributed by atoms with van der Waals surface area (Å²) in [5, 5.41) is 4.13. The molecular formula is C15H21N3O2S. The molecule has 0 amide bonds. The number of para-hydroxylation sites is 2. The van der Waals surface area contributed by atoms with Crippen LogP contribution in [0.4, 0.5) is 0 Å². The van der Waals surface area contributed by atoms with Crippen LogP contribution in [0, 0.1) is 0 Å². The second kappa shape index (κ2) is 6.49. The number of esters is 1. The fraction of sp³-hybridized carbons (Fsp3) is 0.467. The number of imidazole rings is 1. The van der Waals surface area contributed by atoms with Crippen LogP contribution in [0.5, 0.6) is 0 Å². The van der Waals surface area contributed by atoms with Gasteiger partial charge in [0.1, 0.15) is 5.54 Å². The van der Waals surface area contributed by atoms with E-state index < -0.39 is 5.54 Å². The summed E-state index contributed by atoms with van der Waals surface area (Å²) in [7, 11) is 3.18. The van der Waals surface area contributed by atoms with E-state index in [1.165, 1.54) is 7.11 Å². The molecule has 0 spiro atoms. The second-order valence-electron chi connectivity index (χ2n) is 5.27. The van der Waals surface area contributed by atoms with Crippen molar-refractivity contribution < 1.29 is 9.53 Å². The lowest BCUT2D eigenvalue weighted by molar-refractivity contribution is -0.147. The Kier molecular flexibility index (Phi) is 4.90. The molecule has 0 saturated carbocycles. The third-order valence-electron chi connectivity index (χ3n) is 3.56. The highest BCUT2D eigenvalue weighted by Gasteiger charge is 2.34. The average Bonchev–Trinajstić information content (AvgIpc) is 2.87. The van der Waals surface area contributed by atoms with Gasteiger partial charge in [-0.3, -0.25) is 4.79 Å². The lowest BCUT2D eigenvalue weighted by Gasteiger charge is -2.28. The molecule has 21 heavy (non-hydrogen) atoms. The lowest BCUT2D eigenvalue weighted by atomic mass is 9.96. The zero-order chi connectivity index (χ0) is 15.5. The molecule has 1 heterocycles. The topological polar surface area (TPSA) is 67.0 Å². The summed E-state index contributed by atoms with van der Waals surface area (Å²) in [6.07, 6.45) is 0.651. The van der Waals surface area contributed by atoms with Crippen LogP contribution in [-0.2, 0) is 9.53 Å². The minimum Gasteiger partial charge on any atom is -0.468 e. The van der Waals surface area contributed by atoms with Crippen LogP contribution in [0.2, 0.25) is 0 Å². The summed E-state index contributed by atoms with van der Waals surface area (Å²) in [4.78, 5) is 19.7. The smallest absolute Gasteiger partial charge is 0.325 e. The van der Waals surface area contributed by atoms with Crippen molar-refractivity contribution in [1.29, 1.82) is 0 Å². The Morgan fingerprint density at radius 2 is 2.24 bits per heavy atom. The van der Waals surface area contributed by atoms with E-state index in [4.69, 9.17) is 4.74 Å². The Labute approximate surface area is 128 Å². The molecule has 0 aliphatic heterocycles. The number of benzene rings is 1. The molecule has 0 radical (unpaired) electrons. The largest absolute Gasteiger partial charge is 0.468 e. The Morgan fingerprint density at radius 1 is 1.52 bits per heavy atom. The zero-order valence-corrected chi connectivity index (χ0v) is 13.6. The van der Waals surface area contributed by atoms with Crippen molar-refractivity contribution in [2.75, 3.05) is 14.2 Å². The number of likely N-dealkylation sites (N-methyl/N-ethyl adjacent to an activating group) is 1. The van der Waals surface area contributed by atoms with Gasteiger partial charge >= 0.3 is 5.97 Å². The summed E-state index contributed by atoms with van der Waals surface area (Å²) in [5.74, 6) is -0.248. The number of hydrogen-bond donors (Lipinski definition) is 2. The van der Waals surface area contributed by atoms with E-state index in [-0.39, 0.29) is 11.2 Å². The van der Waals surface area contributed by atoms with E-state index in [1.54, 1.807) is 18.8 Å². The minimum absolute atomic E-state index is 0.210. The number of aromatic amines is 1. The molecule has 0 aliphatic rings. The number of nitrogens with one attached hydrogen (secondary N) is 2. The number of fused-ring (bicyclic) bond motifs is 1. The first-order valence-electron chi connectivity index (χ1n) is 6.87. The molecule has 2 N–H and O–H groups in total. The molecule has 2 aromatic rings. The fourth-order valence-electron chi connectivity index (χ4n) is 2.31. The van der Waals surface area contributed by atoms with E-state index in [2.05, 4.69) is 22.2 Å². The van der Waals surface area contributed by atoms with E-state index >= 15 is 0 Å². The molecule has 114 valence electrons. The molecule has 1 aromatic heterocycles. The molecule has 6 heteroatoms. The number of methoxy groups -OCH3 is 1. The van der Waals surface area contributed by atoms with Gasteiger partial charge in [0.05, 0.1) is 18.1 Å². The molecule has 2 rings (SSSR count). The maximum absolute atomic E-state index is 11.9. The fourth-order valence-corrected chi connectivity index (χ4v) is 3.42. The van der Waals surface area contributed by atoms with Gasteiger partial charge in [0.15, 0.2) is 5.16 Å². The number of H-pyrrole nitrogens is 1. The van der Waals surface area contributed by atoms with E-state index in [0.717, 1.165) is 16.2 Å². The monoisotopic (exact) mass is 307 g/mol. The Hall–Kier alpha value is -1.53. The van der Waals surface area contributed by atoms with Crippen LogP contribution in [0.25, 0.3) is 11.0 Å². The van der Waals surface area contributed by atoms with Gasteiger partial charge in [-0.15, -0.1) is 0 Å². The first kappa shape index (κ1) is 15.9. The summed E-state index contributed by atoms with van der Waals surface area (Å²) in [6.45, 7) is 3.94. The Balaban J connectivity index is 2.06. The number of thioether (sulfide) groups is 1. The number of hydrogen-bond acceptors (Lipinski definition) is 5. The van der Waals surface area contributed by atoms with Gasteiger partial charge in [0.25, 0.3) is 0 Å². The van der Waals surface area contributed by atoms with Crippen LogP contribution in [0.1, 0.15) is 20.3 Å². The van der Waals surface area contributed by atoms with Crippen molar-refractivity contribution in [3.63, 3.8) is 0 Å². The summed E-state index contributed by atoms with van der Waals surface area (Å²) < 4.78 is 4.87. The average molecular weight is 307 g/mol. The van der Waals surface area contributed by atoms with Gasteiger partial charge in [-0.2, -0.15) is 0 Å².